The first-order chi connectivity index (χ1) is 19.2. The van der Waals surface area contributed by atoms with E-state index in [1.807, 2.05) is 23.1 Å². The van der Waals surface area contributed by atoms with Gasteiger partial charge in [0.2, 0.25) is 5.82 Å². The molecular formula is C27H25FN8O3S. The molecular weight excluding hydrogens is 535 g/mol. The summed E-state index contributed by atoms with van der Waals surface area (Å²) < 4.78 is 41.4. The summed E-state index contributed by atoms with van der Waals surface area (Å²) in [6, 6.07) is 10.0. The van der Waals surface area contributed by atoms with Crippen LogP contribution < -0.4 is 5.73 Å². The second-order valence-electron chi connectivity index (χ2n) is 10.6. The van der Waals surface area contributed by atoms with Gasteiger partial charge in [0.1, 0.15) is 22.9 Å². The summed E-state index contributed by atoms with van der Waals surface area (Å²) in [5.74, 6) is -0.597. The monoisotopic (exact) mass is 560 g/mol. The van der Waals surface area contributed by atoms with Crippen molar-refractivity contribution in [3.8, 4) is 11.1 Å². The Morgan fingerprint density at radius 2 is 1.85 bits per heavy atom. The highest BCUT2D eigenvalue weighted by atomic mass is 32.2. The molecule has 0 radical (unpaired) electrons. The molecule has 204 valence electrons. The largest absolute Gasteiger partial charge is 0.382 e. The first-order valence-electron chi connectivity index (χ1n) is 12.9. The van der Waals surface area contributed by atoms with Crippen molar-refractivity contribution >= 4 is 38.0 Å². The predicted molar refractivity (Wildman–Crippen MR) is 145 cm³/mol. The molecule has 3 aromatic heterocycles. The maximum Gasteiger partial charge on any atom is 0.292 e. The van der Waals surface area contributed by atoms with E-state index in [9.17, 15) is 17.6 Å². The summed E-state index contributed by atoms with van der Waals surface area (Å²) in [4.78, 5) is 22.6. The van der Waals surface area contributed by atoms with Crippen LogP contribution in [0.3, 0.4) is 0 Å². The predicted octanol–water partition coefficient (Wildman–Crippen LogP) is 3.34. The zero-order valence-electron chi connectivity index (χ0n) is 21.5. The molecule has 11 nitrogen and oxygen atoms in total. The number of H-pyrrole nitrogens is 1. The van der Waals surface area contributed by atoms with E-state index < -0.39 is 9.84 Å². The molecule has 3 N–H and O–H groups in total. The van der Waals surface area contributed by atoms with Gasteiger partial charge in [0.25, 0.3) is 5.91 Å². The first kappa shape index (κ1) is 24.6. The van der Waals surface area contributed by atoms with E-state index >= 15 is 0 Å². The molecule has 2 aliphatic rings. The first-order valence-corrected chi connectivity index (χ1v) is 14.8. The Bertz CT molecular complexity index is 1910. The molecule has 2 bridgehead atoms. The summed E-state index contributed by atoms with van der Waals surface area (Å²) >= 11 is 0. The number of benzene rings is 2. The number of carbonyl (C=O) groups excluding carboxylic acids is 1. The average Bonchev–Trinajstić information content (AvgIpc) is 3.65. The Morgan fingerprint density at radius 3 is 2.55 bits per heavy atom. The second-order valence-corrected chi connectivity index (χ2v) is 12.5. The van der Waals surface area contributed by atoms with Crippen LogP contribution in [0.1, 0.15) is 47.9 Å². The third-order valence-corrected chi connectivity index (χ3v) is 9.28. The number of halogens is 1. The van der Waals surface area contributed by atoms with Crippen LogP contribution in [0, 0.1) is 5.82 Å². The average molecular weight is 561 g/mol. The SMILES string of the molecule is CS(=O)(=O)c1c(C2CC3CCC(C2)N3C(=O)c2nnc[nH]2)nc2c(-c3ccc4ccc(F)cc4c3)cnn2c1N. The summed E-state index contributed by atoms with van der Waals surface area (Å²) in [5, 5.41) is 13.6. The number of sulfone groups is 1. The molecule has 2 aromatic carbocycles. The molecule has 2 aliphatic heterocycles. The lowest BCUT2D eigenvalue weighted by molar-refractivity contribution is 0.0556. The van der Waals surface area contributed by atoms with Crippen LogP contribution in [0.25, 0.3) is 27.5 Å². The number of piperidine rings is 1. The van der Waals surface area contributed by atoms with Crippen LogP contribution in [0.2, 0.25) is 0 Å². The molecule has 13 heteroatoms. The number of nitrogens with zero attached hydrogens (tertiary/aromatic N) is 6. The zero-order valence-corrected chi connectivity index (χ0v) is 22.3. The fourth-order valence-corrected chi connectivity index (χ4v) is 7.49. The fourth-order valence-electron chi connectivity index (χ4n) is 6.43. The number of nitrogens with one attached hydrogen (secondary N) is 1. The van der Waals surface area contributed by atoms with Gasteiger partial charge in [0, 0.05) is 29.8 Å². The number of carbonyl (C=O) groups is 1. The minimum Gasteiger partial charge on any atom is -0.382 e. The lowest BCUT2D eigenvalue weighted by Crippen LogP contribution is -2.46. The van der Waals surface area contributed by atoms with Crippen LogP contribution in [-0.2, 0) is 9.84 Å². The van der Waals surface area contributed by atoms with Crippen LogP contribution in [0.15, 0.2) is 53.8 Å². The van der Waals surface area contributed by atoms with Gasteiger partial charge >= 0.3 is 0 Å². The van der Waals surface area contributed by atoms with E-state index in [-0.39, 0.29) is 46.3 Å². The fraction of sp³-hybridized carbons (Fsp3) is 0.296. The number of anilines is 1. The summed E-state index contributed by atoms with van der Waals surface area (Å²) in [7, 11) is -3.77. The molecule has 2 saturated heterocycles. The van der Waals surface area contributed by atoms with E-state index in [2.05, 4.69) is 20.3 Å². The van der Waals surface area contributed by atoms with Gasteiger partial charge < -0.3 is 15.6 Å². The molecule has 0 spiro atoms. The molecule has 1 amide bonds. The van der Waals surface area contributed by atoms with E-state index in [1.165, 1.54) is 23.0 Å². The number of hydrogen-bond acceptors (Lipinski definition) is 8. The number of fused-ring (bicyclic) bond motifs is 4. The van der Waals surface area contributed by atoms with E-state index in [0.29, 0.717) is 29.7 Å². The van der Waals surface area contributed by atoms with Gasteiger partial charge in [0.05, 0.1) is 11.9 Å². The lowest BCUT2D eigenvalue weighted by Gasteiger charge is -2.38. The molecule has 5 aromatic rings. The van der Waals surface area contributed by atoms with Crippen LogP contribution in [0.5, 0.6) is 0 Å². The minimum absolute atomic E-state index is 0.00639. The number of hydrogen-bond donors (Lipinski definition) is 2. The number of aromatic nitrogens is 6. The minimum atomic E-state index is -3.77. The van der Waals surface area contributed by atoms with Crippen LogP contribution in [0.4, 0.5) is 10.2 Å². The molecule has 40 heavy (non-hydrogen) atoms. The number of aromatic amines is 1. The standard InChI is InChI=1S/C27H25FN8O3S/c1-40(38,39)23-22(17-10-19-6-7-20(11-17)35(19)27(37)25-30-13-31-34-25)33-26-21(12-32-36(26)24(23)29)15-3-2-14-4-5-18(28)9-16(14)8-15/h2-5,8-9,12-13,17,19-20H,6-7,10-11,29H2,1H3,(H,30,31,34). The Morgan fingerprint density at radius 1 is 1.10 bits per heavy atom. The smallest absolute Gasteiger partial charge is 0.292 e. The van der Waals surface area contributed by atoms with Crippen molar-refractivity contribution in [3.63, 3.8) is 0 Å². The topological polar surface area (TPSA) is 152 Å². The molecule has 2 atom stereocenters. The number of nitrogens with two attached hydrogens (primary N) is 1. The van der Waals surface area contributed by atoms with Gasteiger partial charge in [-0.2, -0.15) is 9.61 Å². The van der Waals surface area contributed by atoms with E-state index in [4.69, 9.17) is 10.7 Å². The van der Waals surface area contributed by atoms with E-state index in [0.717, 1.165) is 35.4 Å². The third kappa shape index (κ3) is 3.83. The Kier molecular flexibility index (Phi) is 5.43. The lowest BCUT2D eigenvalue weighted by atomic mass is 9.87. The molecule has 5 heterocycles. The number of amides is 1. The van der Waals surface area contributed by atoms with Gasteiger partial charge in [-0.15, -0.1) is 10.2 Å². The molecule has 2 unspecified atom stereocenters. The molecule has 2 fully saturated rings. The van der Waals surface area contributed by atoms with Gasteiger partial charge in [-0.05, 0) is 60.2 Å². The van der Waals surface area contributed by atoms with Crippen molar-refractivity contribution < 1.29 is 17.6 Å². The van der Waals surface area contributed by atoms with Crippen molar-refractivity contribution in [1.29, 1.82) is 0 Å². The number of rotatable bonds is 4. The highest BCUT2D eigenvalue weighted by molar-refractivity contribution is 7.91. The Hall–Kier alpha value is -4.39. The van der Waals surface area contributed by atoms with Crippen molar-refractivity contribution in [1.82, 2.24) is 34.7 Å². The van der Waals surface area contributed by atoms with Crippen molar-refractivity contribution in [2.45, 2.75) is 48.6 Å². The molecule has 0 saturated carbocycles. The van der Waals surface area contributed by atoms with Crippen molar-refractivity contribution in [3.05, 3.63) is 66.3 Å². The van der Waals surface area contributed by atoms with Crippen LogP contribution in [-0.4, -0.2) is 67.3 Å². The highest BCUT2D eigenvalue weighted by Crippen LogP contribution is 2.45. The van der Waals surface area contributed by atoms with Crippen molar-refractivity contribution in [2.24, 2.45) is 0 Å². The molecule has 0 aliphatic carbocycles. The van der Waals surface area contributed by atoms with Gasteiger partial charge in [0.15, 0.2) is 15.5 Å². The van der Waals surface area contributed by atoms with Crippen molar-refractivity contribution in [2.75, 3.05) is 12.0 Å². The normalized spacial score (nSPS) is 20.9. The van der Waals surface area contributed by atoms with E-state index in [1.54, 1.807) is 12.3 Å². The quantitative estimate of drug-likeness (QED) is 0.340. The Balaban J connectivity index is 1.34. The summed E-state index contributed by atoms with van der Waals surface area (Å²) in [5.41, 5.74) is 8.71. The maximum atomic E-state index is 13.9. The summed E-state index contributed by atoms with van der Waals surface area (Å²) in [6.07, 6.45) is 6.78. The van der Waals surface area contributed by atoms with Gasteiger partial charge in [-0.1, -0.05) is 18.2 Å². The van der Waals surface area contributed by atoms with Gasteiger partial charge in [-0.3, -0.25) is 4.79 Å². The number of nitrogen functional groups attached to an aromatic ring is 1. The second kappa shape index (κ2) is 8.81. The third-order valence-electron chi connectivity index (χ3n) is 8.12. The summed E-state index contributed by atoms with van der Waals surface area (Å²) in [6.45, 7) is 0. The maximum absolute atomic E-state index is 13.9. The van der Waals surface area contributed by atoms with Crippen LogP contribution >= 0.6 is 0 Å². The highest BCUT2D eigenvalue weighted by Gasteiger charge is 2.46. The van der Waals surface area contributed by atoms with Gasteiger partial charge in [-0.25, -0.2) is 17.8 Å². The Labute approximate surface area is 228 Å². The molecule has 7 rings (SSSR count). The zero-order chi connectivity index (χ0) is 27.8.